The highest BCUT2D eigenvalue weighted by Gasteiger charge is 2.18. The third kappa shape index (κ3) is 2.76. The molecule has 0 aromatic carbocycles. The van der Waals surface area contributed by atoms with E-state index in [0.29, 0.717) is 17.7 Å². The number of aromatic nitrogens is 3. The summed E-state index contributed by atoms with van der Waals surface area (Å²) in [5.41, 5.74) is 7.98. The third-order valence-electron chi connectivity index (χ3n) is 4.00. The van der Waals surface area contributed by atoms with Gasteiger partial charge in [0, 0.05) is 37.3 Å². The molecule has 1 saturated heterocycles. The van der Waals surface area contributed by atoms with E-state index in [2.05, 4.69) is 45.6 Å². The molecule has 3 rings (SSSR count). The largest absolute Gasteiger partial charge is 0.383 e. The van der Waals surface area contributed by atoms with Gasteiger partial charge in [-0.15, -0.1) is 0 Å². The van der Waals surface area contributed by atoms with E-state index in [0.717, 1.165) is 42.8 Å². The first-order chi connectivity index (χ1) is 10.0. The van der Waals surface area contributed by atoms with Crippen LogP contribution in [0.1, 0.15) is 25.5 Å². The van der Waals surface area contributed by atoms with E-state index in [1.54, 1.807) is 0 Å². The van der Waals surface area contributed by atoms with E-state index in [-0.39, 0.29) is 0 Å². The summed E-state index contributed by atoms with van der Waals surface area (Å²) in [5, 5.41) is 0.895. The number of nitrogens with zero attached hydrogens (tertiary/aromatic N) is 5. The number of nitrogen functional groups attached to an aromatic ring is 1. The summed E-state index contributed by atoms with van der Waals surface area (Å²) in [6, 6.07) is 2.00. The number of rotatable bonds is 2. The highest BCUT2D eigenvalue weighted by molar-refractivity contribution is 5.88. The Bertz CT molecular complexity index is 646. The van der Waals surface area contributed by atoms with Crippen LogP contribution < -0.4 is 10.6 Å². The van der Waals surface area contributed by atoms with Crippen molar-refractivity contribution < 1.29 is 0 Å². The first-order valence-electron chi connectivity index (χ1n) is 7.41. The summed E-state index contributed by atoms with van der Waals surface area (Å²) in [6.45, 7) is 8.13. The van der Waals surface area contributed by atoms with Crippen molar-refractivity contribution in [1.82, 2.24) is 19.9 Å². The Kier molecular flexibility index (Phi) is 3.63. The molecule has 2 aromatic rings. The molecule has 0 unspecified atom stereocenters. The van der Waals surface area contributed by atoms with Crippen LogP contribution in [0.25, 0.3) is 10.9 Å². The molecule has 6 heteroatoms. The quantitative estimate of drug-likeness (QED) is 0.901. The van der Waals surface area contributed by atoms with Crippen molar-refractivity contribution in [2.24, 2.45) is 0 Å². The highest BCUT2D eigenvalue weighted by atomic mass is 15.3. The number of anilines is 2. The van der Waals surface area contributed by atoms with Crippen LogP contribution in [-0.4, -0.2) is 53.1 Å². The number of piperazine rings is 1. The summed E-state index contributed by atoms with van der Waals surface area (Å²) in [6.07, 6.45) is 1.81. The standard InChI is InChI=1S/C15H22N6/c1-10(2)12-8-11-13(9-17-12)18-15(19-14(11)16)21-6-4-20(3)5-7-21/h8-10H,4-7H2,1-3H3,(H2,16,18,19). The van der Waals surface area contributed by atoms with E-state index < -0.39 is 0 Å². The van der Waals surface area contributed by atoms with Crippen molar-refractivity contribution in [3.63, 3.8) is 0 Å². The minimum absolute atomic E-state index is 0.367. The maximum atomic E-state index is 6.14. The van der Waals surface area contributed by atoms with Crippen LogP contribution in [0.3, 0.4) is 0 Å². The molecule has 2 aromatic heterocycles. The molecular formula is C15H22N6. The third-order valence-corrected chi connectivity index (χ3v) is 4.00. The fourth-order valence-corrected chi connectivity index (χ4v) is 2.52. The lowest BCUT2D eigenvalue weighted by Gasteiger charge is -2.32. The maximum absolute atomic E-state index is 6.14. The average molecular weight is 286 g/mol. The molecule has 0 saturated carbocycles. The van der Waals surface area contributed by atoms with Crippen molar-refractivity contribution in [3.8, 4) is 0 Å². The predicted octanol–water partition coefficient (Wildman–Crippen LogP) is 1.48. The lowest BCUT2D eigenvalue weighted by Crippen LogP contribution is -2.45. The van der Waals surface area contributed by atoms with E-state index >= 15 is 0 Å². The molecule has 0 radical (unpaired) electrons. The molecule has 21 heavy (non-hydrogen) atoms. The number of likely N-dealkylation sites (N-methyl/N-ethyl adjacent to an activating group) is 1. The predicted molar refractivity (Wildman–Crippen MR) is 85.5 cm³/mol. The van der Waals surface area contributed by atoms with Crippen LogP contribution in [0.4, 0.5) is 11.8 Å². The number of hydrogen-bond donors (Lipinski definition) is 1. The van der Waals surface area contributed by atoms with Crippen molar-refractivity contribution in [2.45, 2.75) is 19.8 Å². The molecule has 112 valence electrons. The van der Waals surface area contributed by atoms with Crippen molar-refractivity contribution >= 4 is 22.7 Å². The van der Waals surface area contributed by atoms with Gasteiger partial charge in [0.15, 0.2) is 0 Å². The molecule has 0 atom stereocenters. The van der Waals surface area contributed by atoms with Gasteiger partial charge >= 0.3 is 0 Å². The number of nitrogens with two attached hydrogens (primary N) is 1. The normalized spacial score (nSPS) is 16.9. The smallest absolute Gasteiger partial charge is 0.228 e. The molecule has 0 aliphatic carbocycles. The highest BCUT2D eigenvalue weighted by Crippen LogP contribution is 2.24. The average Bonchev–Trinajstić information content (AvgIpc) is 2.47. The Morgan fingerprint density at radius 2 is 1.86 bits per heavy atom. The second-order valence-electron chi connectivity index (χ2n) is 5.98. The lowest BCUT2D eigenvalue weighted by atomic mass is 10.1. The SMILES string of the molecule is CC(C)c1cc2c(N)nc(N3CCN(C)CC3)nc2cn1. The maximum Gasteiger partial charge on any atom is 0.228 e. The first-order valence-corrected chi connectivity index (χ1v) is 7.41. The van der Waals surface area contributed by atoms with Gasteiger partial charge in [0.2, 0.25) is 5.95 Å². The van der Waals surface area contributed by atoms with Crippen LogP contribution >= 0.6 is 0 Å². The monoisotopic (exact) mass is 286 g/mol. The zero-order valence-electron chi connectivity index (χ0n) is 12.9. The Hall–Kier alpha value is -1.95. The van der Waals surface area contributed by atoms with Gasteiger partial charge in [0.05, 0.1) is 11.7 Å². The van der Waals surface area contributed by atoms with E-state index in [4.69, 9.17) is 5.73 Å². The molecule has 0 bridgehead atoms. The second kappa shape index (κ2) is 5.44. The van der Waals surface area contributed by atoms with Gasteiger partial charge < -0.3 is 15.5 Å². The molecule has 6 nitrogen and oxygen atoms in total. The Morgan fingerprint density at radius 3 is 2.52 bits per heavy atom. The minimum atomic E-state index is 0.367. The van der Waals surface area contributed by atoms with Crippen molar-refractivity contribution in [2.75, 3.05) is 43.9 Å². The Balaban J connectivity index is 1.97. The number of fused-ring (bicyclic) bond motifs is 1. The van der Waals surface area contributed by atoms with E-state index in [1.807, 2.05) is 12.3 Å². The van der Waals surface area contributed by atoms with Gasteiger partial charge in [-0.25, -0.2) is 4.98 Å². The molecule has 1 fully saturated rings. The summed E-state index contributed by atoms with van der Waals surface area (Å²) >= 11 is 0. The van der Waals surface area contributed by atoms with Gasteiger partial charge in [-0.05, 0) is 19.0 Å². The fraction of sp³-hybridized carbons (Fsp3) is 0.533. The molecule has 0 spiro atoms. The first kappa shape index (κ1) is 14.0. The second-order valence-corrected chi connectivity index (χ2v) is 5.98. The summed E-state index contributed by atoms with van der Waals surface area (Å²) in [7, 11) is 2.13. The zero-order chi connectivity index (χ0) is 15.0. The van der Waals surface area contributed by atoms with Crippen LogP contribution in [-0.2, 0) is 0 Å². The molecule has 1 aliphatic rings. The van der Waals surface area contributed by atoms with E-state index in [1.165, 1.54) is 0 Å². The molecule has 1 aliphatic heterocycles. The van der Waals surface area contributed by atoms with E-state index in [9.17, 15) is 0 Å². The van der Waals surface area contributed by atoms with Gasteiger partial charge in [0.25, 0.3) is 0 Å². The van der Waals surface area contributed by atoms with Gasteiger partial charge in [0.1, 0.15) is 5.82 Å². The van der Waals surface area contributed by atoms with Gasteiger partial charge in [-0.2, -0.15) is 4.98 Å². The lowest BCUT2D eigenvalue weighted by molar-refractivity contribution is 0.311. The minimum Gasteiger partial charge on any atom is -0.383 e. The Labute approximate surface area is 125 Å². The van der Waals surface area contributed by atoms with Crippen LogP contribution in [0.2, 0.25) is 0 Å². The zero-order valence-corrected chi connectivity index (χ0v) is 12.9. The van der Waals surface area contributed by atoms with Crippen molar-refractivity contribution in [3.05, 3.63) is 18.0 Å². The molecular weight excluding hydrogens is 264 g/mol. The Morgan fingerprint density at radius 1 is 1.14 bits per heavy atom. The molecule has 0 amide bonds. The topological polar surface area (TPSA) is 71.2 Å². The summed E-state index contributed by atoms with van der Waals surface area (Å²) in [5.74, 6) is 1.62. The van der Waals surface area contributed by atoms with Gasteiger partial charge in [-0.3, -0.25) is 4.98 Å². The fourth-order valence-electron chi connectivity index (χ4n) is 2.52. The number of hydrogen-bond acceptors (Lipinski definition) is 6. The molecule has 3 heterocycles. The van der Waals surface area contributed by atoms with Crippen LogP contribution in [0.15, 0.2) is 12.3 Å². The van der Waals surface area contributed by atoms with Crippen molar-refractivity contribution in [1.29, 1.82) is 0 Å². The summed E-state index contributed by atoms with van der Waals surface area (Å²) in [4.78, 5) is 18.1. The van der Waals surface area contributed by atoms with Crippen LogP contribution in [0, 0.1) is 0 Å². The number of pyridine rings is 1. The summed E-state index contributed by atoms with van der Waals surface area (Å²) < 4.78 is 0. The van der Waals surface area contributed by atoms with Crippen LogP contribution in [0.5, 0.6) is 0 Å². The van der Waals surface area contributed by atoms with Gasteiger partial charge in [-0.1, -0.05) is 13.8 Å². The molecule has 2 N–H and O–H groups in total.